The van der Waals surface area contributed by atoms with Crippen LogP contribution in [0.3, 0.4) is 0 Å². The monoisotopic (exact) mass is 498 g/mol. The summed E-state index contributed by atoms with van der Waals surface area (Å²) in [6.07, 6.45) is 1.92. The number of aromatic amines is 1. The summed E-state index contributed by atoms with van der Waals surface area (Å²) in [5.74, 6) is -2.65. The highest BCUT2D eigenvalue weighted by Gasteiger charge is 2.60. The lowest BCUT2D eigenvalue weighted by atomic mass is 9.83. The molecule has 1 aromatic carbocycles. The van der Waals surface area contributed by atoms with Crippen molar-refractivity contribution in [1.29, 1.82) is 0 Å². The second-order valence-corrected chi connectivity index (χ2v) is 11.5. The Morgan fingerprint density at radius 2 is 1.97 bits per heavy atom. The highest BCUT2D eigenvalue weighted by molar-refractivity contribution is 7.09. The zero-order chi connectivity index (χ0) is 25.5. The number of likely N-dealkylation sites (tertiary alicyclic amines) is 1. The Morgan fingerprint density at radius 1 is 1.29 bits per heavy atom. The molecule has 1 aliphatic rings. The summed E-state index contributed by atoms with van der Waals surface area (Å²) in [4.78, 5) is 47.3. The van der Waals surface area contributed by atoms with Crippen molar-refractivity contribution < 1.29 is 19.2 Å². The Bertz CT molecular complexity index is 1260. The van der Waals surface area contributed by atoms with Gasteiger partial charge in [-0.25, -0.2) is 14.6 Å². The third kappa shape index (κ3) is 4.54. The molecule has 4 rings (SSSR count). The van der Waals surface area contributed by atoms with Crippen molar-refractivity contribution >= 4 is 23.2 Å². The molecule has 1 saturated heterocycles. The molecule has 3 aromatic rings. The number of nitrogens with zero attached hydrogens (tertiary/aromatic N) is 3. The molecule has 0 aliphatic carbocycles. The van der Waals surface area contributed by atoms with Gasteiger partial charge in [0.05, 0.1) is 12.0 Å². The first kappa shape index (κ1) is 24.8. The van der Waals surface area contributed by atoms with Crippen LogP contribution in [-0.4, -0.2) is 42.5 Å². The highest BCUT2D eigenvalue weighted by Crippen LogP contribution is 2.54. The maximum atomic E-state index is 14.1. The largest absolute Gasteiger partial charge is 0.479 e. The van der Waals surface area contributed by atoms with E-state index in [9.17, 15) is 19.5 Å². The van der Waals surface area contributed by atoms with Crippen LogP contribution in [0.4, 0.5) is 0 Å². The number of nitrogens with one attached hydrogen (secondary N) is 1. The number of hydrogen-bond donors (Lipinski definition) is 2. The van der Waals surface area contributed by atoms with Gasteiger partial charge in [0.15, 0.2) is 5.82 Å². The quantitative estimate of drug-likeness (QED) is 0.516. The highest BCUT2D eigenvalue weighted by atomic mass is 32.1. The van der Waals surface area contributed by atoms with Crippen LogP contribution in [0.2, 0.25) is 0 Å². The van der Waals surface area contributed by atoms with E-state index in [1.165, 1.54) is 16.2 Å². The van der Waals surface area contributed by atoms with Gasteiger partial charge in [-0.15, -0.1) is 11.3 Å². The van der Waals surface area contributed by atoms with E-state index in [-0.39, 0.29) is 30.0 Å². The topological polar surface area (TPSA) is 129 Å². The second-order valence-electron chi connectivity index (χ2n) is 10.5. The van der Waals surface area contributed by atoms with Crippen LogP contribution in [0.1, 0.15) is 86.2 Å². The Kier molecular flexibility index (Phi) is 6.44. The number of aliphatic carboxylic acids is 1. The minimum absolute atomic E-state index is 0.0169. The van der Waals surface area contributed by atoms with Crippen LogP contribution >= 0.6 is 11.3 Å². The number of carbonyl (C=O) groups excluding carboxylic acids is 1. The standard InChI is InChI=1S/C25H30N4O5S/c1-14(2)12-25(22(31)32)13-17(19-27-23(33)34-28-19)18(20-26-10-11-35-20)29(25)21(30)15-6-8-16(9-7-15)24(3,4)5/h6-11,14,17-18H,12-13H2,1-5H3,(H,31,32)(H,27,28,33)/t17-,18-,25+/m1/s1. The molecule has 1 fully saturated rings. The Labute approximate surface area is 207 Å². The summed E-state index contributed by atoms with van der Waals surface area (Å²) in [5, 5.41) is 16.8. The van der Waals surface area contributed by atoms with Crippen molar-refractivity contribution in [3.63, 3.8) is 0 Å². The van der Waals surface area contributed by atoms with Crippen molar-refractivity contribution in [3.8, 4) is 0 Å². The number of rotatable bonds is 6. The molecule has 0 unspecified atom stereocenters. The van der Waals surface area contributed by atoms with E-state index >= 15 is 0 Å². The number of carboxylic acid groups (broad SMARTS) is 1. The third-order valence-electron chi connectivity index (χ3n) is 6.55. The number of benzene rings is 1. The lowest BCUT2D eigenvalue weighted by molar-refractivity contribution is -0.150. The van der Waals surface area contributed by atoms with Crippen molar-refractivity contribution in [2.75, 3.05) is 0 Å². The molecule has 0 bridgehead atoms. The van der Waals surface area contributed by atoms with E-state index in [0.29, 0.717) is 10.6 Å². The summed E-state index contributed by atoms with van der Waals surface area (Å²) in [6.45, 7) is 10.1. The molecule has 3 atom stereocenters. The van der Waals surface area contributed by atoms with E-state index < -0.39 is 35.1 Å². The Balaban J connectivity index is 1.89. The molecule has 3 heterocycles. The lowest BCUT2D eigenvalue weighted by Crippen LogP contribution is -2.54. The van der Waals surface area contributed by atoms with E-state index in [1.54, 1.807) is 23.7 Å². The third-order valence-corrected chi connectivity index (χ3v) is 7.40. The van der Waals surface area contributed by atoms with E-state index in [1.807, 2.05) is 26.0 Å². The minimum atomic E-state index is -1.52. The SMILES string of the molecule is CC(C)C[C@@]1(C(=O)O)C[C@@H](c2noc(=O)[nH]2)[C@H](c2nccs2)N1C(=O)c1ccc(C(C)(C)C)cc1. The van der Waals surface area contributed by atoms with Gasteiger partial charge in [0.1, 0.15) is 10.5 Å². The number of thiazole rings is 1. The molecule has 186 valence electrons. The lowest BCUT2D eigenvalue weighted by Gasteiger charge is -2.38. The van der Waals surface area contributed by atoms with Gasteiger partial charge in [0.2, 0.25) is 0 Å². The number of H-pyrrole nitrogens is 1. The molecule has 35 heavy (non-hydrogen) atoms. The summed E-state index contributed by atoms with van der Waals surface area (Å²) < 4.78 is 4.75. The molecule has 0 spiro atoms. The summed E-state index contributed by atoms with van der Waals surface area (Å²) in [6, 6.07) is 6.56. The first-order valence-corrected chi connectivity index (χ1v) is 12.4. The van der Waals surface area contributed by atoms with E-state index in [4.69, 9.17) is 4.52 Å². The van der Waals surface area contributed by atoms with Gasteiger partial charge < -0.3 is 10.0 Å². The smallest absolute Gasteiger partial charge is 0.438 e. The Morgan fingerprint density at radius 3 is 2.46 bits per heavy atom. The molecule has 1 amide bonds. The average Bonchev–Trinajstić information content (AvgIpc) is 3.51. The zero-order valence-electron chi connectivity index (χ0n) is 20.4. The van der Waals surface area contributed by atoms with Gasteiger partial charge in [-0.05, 0) is 41.9 Å². The molecule has 2 aromatic heterocycles. The van der Waals surface area contributed by atoms with Crippen LogP contribution in [0.5, 0.6) is 0 Å². The van der Waals surface area contributed by atoms with Gasteiger partial charge >= 0.3 is 11.7 Å². The molecule has 2 N–H and O–H groups in total. The van der Waals surface area contributed by atoms with Gasteiger partial charge in [0, 0.05) is 17.1 Å². The fourth-order valence-corrected chi connectivity index (χ4v) is 5.83. The van der Waals surface area contributed by atoms with Crippen molar-refractivity contribution in [2.45, 2.75) is 70.4 Å². The number of hydrogen-bond acceptors (Lipinski definition) is 7. The van der Waals surface area contributed by atoms with Crippen LogP contribution in [0.15, 0.2) is 45.2 Å². The van der Waals surface area contributed by atoms with Gasteiger partial charge in [-0.2, -0.15) is 0 Å². The molecular weight excluding hydrogens is 468 g/mol. The number of amides is 1. The van der Waals surface area contributed by atoms with Crippen LogP contribution < -0.4 is 5.76 Å². The molecule has 1 aliphatic heterocycles. The number of carboxylic acids is 1. The predicted molar refractivity (Wildman–Crippen MR) is 130 cm³/mol. The molecule has 0 radical (unpaired) electrons. The average molecular weight is 499 g/mol. The van der Waals surface area contributed by atoms with Gasteiger partial charge in [-0.3, -0.25) is 14.3 Å². The van der Waals surface area contributed by atoms with E-state index in [2.05, 4.69) is 35.9 Å². The van der Waals surface area contributed by atoms with Crippen molar-refractivity contribution in [3.05, 3.63) is 68.4 Å². The van der Waals surface area contributed by atoms with Crippen LogP contribution in [0.25, 0.3) is 0 Å². The maximum Gasteiger partial charge on any atom is 0.438 e. The first-order valence-electron chi connectivity index (χ1n) is 11.6. The van der Waals surface area contributed by atoms with E-state index in [0.717, 1.165) is 5.56 Å². The Hall–Kier alpha value is -3.27. The van der Waals surface area contributed by atoms with Crippen molar-refractivity contribution in [1.82, 2.24) is 20.0 Å². The predicted octanol–water partition coefficient (Wildman–Crippen LogP) is 4.36. The first-order chi connectivity index (χ1) is 16.4. The van der Waals surface area contributed by atoms with Crippen molar-refractivity contribution in [2.24, 2.45) is 5.92 Å². The number of carbonyl (C=O) groups is 2. The van der Waals surface area contributed by atoms with Gasteiger partial charge in [-0.1, -0.05) is 51.9 Å². The zero-order valence-corrected chi connectivity index (χ0v) is 21.3. The summed E-state index contributed by atoms with van der Waals surface area (Å²) >= 11 is 1.33. The summed E-state index contributed by atoms with van der Waals surface area (Å²) in [5.41, 5.74) is -0.157. The fourth-order valence-electron chi connectivity index (χ4n) is 5.04. The summed E-state index contributed by atoms with van der Waals surface area (Å²) in [7, 11) is 0. The molecule has 10 heteroatoms. The maximum absolute atomic E-state index is 14.1. The molecule has 9 nitrogen and oxygen atoms in total. The second kappa shape index (κ2) is 9.07. The molecule has 0 saturated carbocycles. The van der Waals surface area contributed by atoms with Gasteiger partial charge in [0.25, 0.3) is 5.91 Å². The molecular formula is C25H30N4O5S. The minimum Gasteiger partial charge on any atom is -0.479 e. The fraction of sp³-hybridized carbons (Fsp3) is 0.480. The van der Waals surface area contributed by atoms with Crippen LogP contribution in [0, 0.1) is 5.92 Å². The van der Waals surface area contributed by atoms with Crippen LogP contribution in [-0.2, 0) is 10.2 Å². The normalized spacial score (nSPS) is 22.6. The number of aromatic nitrogens is 3.